The molecule has 0 saturated heterocycles. The van der Waals surface area contributed by atoms with E-state index >= 15 is 0 Å². The Morgan fingerprint density at radius 3 is 2.22 bits per heavy atom. The summed E-state index contributed by atoms with van der Waals surface area (Å²) in [4.78, 5) is 20.8. The first kappa shape index (κ1) is 13.6. The molecule has 1 N–H and O–H groups in total. The number of carbonyl (C=O) groups is 1. The highest BCUT2D eigenvalue weighted by Gasteiger charge is 2.28. The van der Waals surface area contributed by atoms with E-state index in [1.165, 1.54) is 27.4 Å². The first-order valence-electron chi connectivity index (χ1n) is 4.78. The van der Waals surface area contributed by atoms with E-state index in [1.807, 2.05) is 0 Å². The molecule has 0 aliphatic rings. The maximum atomic E-state index is 11.0. The molecule has 1 aromatic carbocycles. The Morgan fingerprint density at radius 2 is 1.83 bits per heavy atom. The van der Waals surface area contributed by atoms with Crippen molar-refractivity contribution >= 4 is 17.8 Å². The van der Waals surface area contributed by atoms with Crippen LogP contribution in [-0.2, 0) is 4.79 Å². The quantitative estimate of drug-likeness (QED) is 0.466. The van der Waals surface area contributed by atoms with Crippen molar-refractivity contribution in [2.45, 2.75) is 0 Å². The van der Waals surface area contributed by atoms with Crippen LogP contribution < -0.4 is 19.5 Å². The second-order valence-corrected chi connectivity index (χ2v) is 3.06. The van der Waals surface area contributed by atoms with Gasteiger partial charge in [0.1, 0.15) is 5.69 Å². The lowest BCUT2D eigenvalue weighted by atomic mass is 10.2. The number of nitrogens with zero attached hydrogens (tertiary/aromatic N) is 1. The highest BCUT2D eigenvalue weighted by molar-refractivity contribution is 5.84. The smallest absolute Gasteiger partial charge is 0.338 e. The number of ether oxygens (including phenoxy) is 3. The summed E-state index contributed by atoms with van der Waals surface area (Å²) < 4.78 is 15.0. The van der Waals surface area contributed by atoms with Crippen LogP contribution in [0.2, 0.25) is 0 Å². The van der Waals surface area contributed by atoms with E-state index in [0.29, 0.717) is 6.41 Å². The number of nitrogens with one attached hydrogen (secondary N) is 1. The molecule has 0 atom stereocenters. The SMILES string of the molecule is COc1cc(NC=O)c([N+](=O)[O-])c(OC)c1OC. The summed E-state index contributed by atoms with van der Waals surface area (Å²) in [5, 5.41) is 13.2. The lowest BCUT2D eigenvalue weighted by Crippen LogP contribution is -2.04. The van der Waals surface area contributed by atoms with Crippen molar-refractivity contribution in [1.29, 1.82) is 0 Å². The molecule has 0 unspecified atom stereocenters. The van der Waals surface area contributed by atoms with Crippen molar-refractivity contribution < 1.29 is 23.9 Å². The summed E-state index contributed by atoms with van der Waals surface area (Å²) in [5.74, 6) is 0.179. The average Bonchev–Trinajstić information content (AvgIpc) is 2.36. The number of benzene rings is 1. The van der Waals surface area contributed by atoms with Gasteiger partial charge >= 0.3 is 5.69 Å². The summed E-state index contributed by atoms with van der Waals surface area (Å²) in [5.41, 5.74) is -0.438. The molecule has 8 heteroatoms. The molecule has 0 spiro atoms. The van der Waals surface area contributed by atoms with Crippen molar-refractivity contribution in [2.75, 3.05) is 26.6 Å². The van der Waals surface area contributed by atoms with Gasteiger partial charge in [-0.15, -0.1) is 0 Å². The first-order valence-corrected chi connectivity index (χ1v) is 4.78. The lowest BCUT2D eigenvalue weighted by Gasteiger charge is -2.14. The predicted molar refractivity (Wildman–Crippen MR) is 62.4 cm³/mol. The topological polar surface area (TPSA) is 99.9 Å². The van der Waals surface area contributed by atoms with Gasteiger partial charge in [-0.05, 0) is 0 Å². The molecule has 0 aromatic heterocycles. The minimum Gasteiger partial charge on any atom is -0.493 e. The maximum Gasteiger partial charge on any atom is 0.338 e. The van der Waals surface area contributed by atoms with Gasteiger partial charge in [0, 0.05) is 6.07 Å². The van der Waals surface area contributed by atoms with Crippen LogP contribution in [0.15, 0.2) is 6.07 Å². The summed E-state index contributed by atoms with van der Waals surface area (Å²) >= 11 is 0. The largest absolute Gasteiger partial charge is 0.493 e. The monoisotopic (exact) mass is 256 g/mol. The zero-order chi connectivity index (χ0) is 13.7. The summed E-state index contributed by atoms with van der Waals surface area (Å²) in [6.45, 7) is 0. The normalized spacial score (nSPS) is 9.50. The Labute approximate surface area is 103 Å². The van der Waals surface area contributed by atoms with Gasteiger partial charge in [-0.1, -0.05) is 0 Å². The Hall–Kier alpha value is -2.51. The molecule has 0 bridgehead atoms. The number of anilines is 1. The molecule has 0 heterocycles. The van der Waals surface area contributed by atoms with E-state index in [9.17, 15) is 14.9 Å². The van der Waals surface area contributed by atoms with E-state index in [4.69, 9.17) is 14.2 Å². The summed E-state index contributed by atoms with van der Waals surface area (Å²) in [7, 11) is 3.96. The fraction of sp³-hybridized carbons (Fsp3) is 0.300. The fourth-order valence-electron chi connectivity index (χ4n) is 1.50. The van der Waals surface area contributed by atoms with Crippen LogP contribution in [-0.4, -0.2) is 32.7 Å². The zero-order valence-electron chi connectivity index (χ0n) is 10.1. The number of methoxy groups -OCH3 is 3. The van der Waals surface area contributed by atoms with E-state index in [1.54, 1.807) is 0 Å². The van der Waals surface area contributed by atoms with Crippen LogP contribution in [0, 0.1) is 10.1 Å². The van der Waals surface area contributed by atoms with Gasteiger partial charge in [0.05, 0.1) is 26.3 Å². The molecule has 0 aliphatic carbocycles. The van der Waals surface area contributed by atoms with Crippen LogP contribution in [0.4, 0.5) is 11.4 Å². The van der Waals surface area contributed by atoms with Gasteiger partial charge in [0.25, 0.3) is 0 Å². The second-order valence-electron chi connectivity index (χ2n) is 3.06. The van der Waals surface area contributed by atoms with Crippen LogP contribution in [0.3, 0.4) is 0 Å². The van der Waals surface area contributed by atoms with Crippen LogP contribution in [0.25, 0.3) is 0 Å². The highest BCUT2D eigenvalue weighted by atomic mass is 16.6. The third kappa shape index (κ3) is 2.26. The van der Waals surface area contributed by atoms with E-state index in [0.717, 1.165) is 0 Å². The number of hydrogen-bond donors (Lipinski definition) is 1. The average molecular weight is 256 g/mol. The zero-order valence-corrected chi connectivity index (χ0v) is 10.1. The van der Waals surface area contributed by atoms with Crippen molar-refractivity contribution in [3.63, 3.8) is 0 Å². The molecular weight excluding hydrogens is 244 g/mol. The molecule has 98 valence electrons. The number of nitro benzene ring substituents is 1. The van der Waals surface area contributed by atoms with E-state index in [2.05, 4.69) is 5.32 Å². The maximum absolute atomic E-state index is 11.0. The van der Waals surface area contributed by atoms with Crippen molar-refractivity contribution in [2.24, 2.45) is 0 Å². The third-order valence-electron chi connectivity index (χ3n) is 2.20. The molecule has 1 amide bonds. The fourth-order valence-corrected chi connectivity index (χ4v) is 1.50. The van der Waals surface area contributed by atoms with Gasteiger partial charge < -0.3 is 19.5 Å². The van der Waals surface area contributed by atoms with Crippen molar-refractivity contribution in [1.82, 2.24) is 0 Å². The molecule has 0 fully saturated rings. The summed E-state index contributed by atoms with van der Waals surface area (Å²) in [6, 6.07) is 1.29. The second kappa shape index (κ2) is 5.71. The first-order chi connectivity index (χ1) is 8.60. The van der Waals surface area contributed by atoms with E-state index in [-0.39, 0.29) is 22.9 Å². The predicted octanol–water partition coefficient (Wildman–Crippen LogP) is 1.19. The van der Waals surface area contributed by atoms with Crippen LogP contribution >= 0.6 is 0 Å². The Kier molecular flexibility index (Phi) is 4.30. The van der Waals surface area contributed by atoms with Gasteiger partial charge in [0.15, 0.2) is 5.75 Å². The number of hydrogen-bond acceptors (Lipinski definition) is 6. The molecule has 1 aromatic rings. The molecule has 8 nitrogen and oxygen atoms in total. The van der Waals surface area contributed by atoms with Crippen molar-refractivity contribution in [3.05, 3.63) is 16.2 Å². The molecule has 18 heavy (non-hydrogen) atoms. The molecule has 0 radical (unpaired) electrons. The van der Waals surface area contributed by atoms with Gasteiger partial charge in [-0.2, -0.15) is 0 Å². The molecule has 1 rings (SSSR count). The molecule has 0 saturated carbocycles. The minimum atomic E-state index is -0.674. The summed E-state index contributed by atoms with van der Waals surface area (Å²) in [6.07, 6.45) is 0.327. The number of rotatable bonds is 6. The Balaban J connectivity index is 3.62. The standard InChI is InChI=1S/C10H12N2O6/c1-16-7-4-6(11-5-13)8(12(14)15)10(18-3)9(7)17-2/h4-5H,1-3H3,(H,11,13). The lowest BCUT2D eigenvalue weighted by molar-refractivity contribution is -0.384. The van der Waals surface area contributed by atoms with Crippen LogP contribution in [0.1, 0.15) is 0 Å². The molecule has 0 aliphatic heterocycles. The number of nitro groups is 1. The minimum absolute atomic E-state index is 0.0375. The van der Waals surface area contributed by atoms with Crippen LogP contribution in [0.5, 0.6) is 17.2 Å². The number of carbonyl (C=O) groups excluding carboxylic acids is 1. The van der Waals surface area contributed by atoms with Gasteiger partial charge in [0.2, 0.25) is 17.9 Å². The third-order valence-corrected chi connectivity index (χ3v) is 2.20. The Bertz CT molecular complexity index is 474. The van der Waals surface area contributed by atoms with E-state index < -0.39 is 10.6 Å². The van der Waals surface area contributed by atoms with Gasteiger partial charge in [-0.25, -0.2) is 0 Å². The molecular formula is C10H12N2O6. The highest BCUT2D eigenvalue weighted by Crippen LogP contribution is 2.48. The van der Waals surface area contributed by atoms with Gasteiger partial charge in [-0.3, -0.25) is 14.9 Å². The Morgan fingerprint density at radius 1 is 1.22 bits per heavy atom. The number of amides is 1. The van der Waals surface area contributed by atoms with Crippen molar-refractivity contribution in [3.8, 4) is 17.2 Å².